The third-order valence-corrected chi connectivity index (χ3v) is 3.33. The lowest BCUT2D eigenvalue weighted by molar-refractivity contribution is 0.112. The van der Waals surface area contributed by atoms with Crippen LogP contribution in [0.4, 0.5) is 0 Å². The minimum Gasteiger partial charge on any atom is -0.493 e. The van der Waals surface area contributed by atoms with Crippen molar-refractivity contribution in [1.29, 1.82) is 0 Å². The van der Waals surface area contributed by atoms with E-state index in [1.54, 1.807) is 20.3 Å². The number of hydrogen-bond acceptors (Lipinski definition) is 3. The van der Waals surface area contributed by atoms with E-state index in [9.17, 15) is 4.79 Å². The van der Waals surface area contributed by atoms with Gasteiger partial charge >= 0.3 is 0 Å². The molecule has 1 aromatic carbocycles. The van der Waals surface area contributed by atoms with Crippen LogP contribution in [0.15, 0.2) is 12.1 Å². The maximum atomic E-state index is 11.1. The van der Waals surface area contributed by atoms with E-state index in [-0.39, 0.29) is 5.41 Å². The SMILES string of the molecule is COc1cc(C=O)c(C2(C)CC2)cc1OC. The molecule has 1 aromatic rings. The lowest BCUT2D eigenvalue weighted by atomic mass is 9.93. The number of ether oxygens (including phenoxy) is 2. The molecule has 16 heavy (non-hydrogen) atoms. The Kier molecular flexibility index (Phi) is 2.62. The molecule has 0 amide bonds. The van der Waals surface area contributed by atoms with E-state index in [4.69, 9.17) is 9.47 Å². The van der Waals surface area contributed by atoms with Gasteiger partial charge in [0.1, 0.15) is 6.29 Å². The summed E-state index contributed by atoms with van der Waals surface area (Å²) in [7, 11) is 3.18. The average molecular weight is 220 g/mol. The smallest absolute Gasteiger partial charge is 0.161 e. The van der Waals surface area contributed by atoms with Gasteiger partial charge in [-0.25, -0.2) is 0 Å². The summed E-state index contributed by atoms with van der Waals surface area (Å²) in [5.74, 6) is 1.30. The Labute approximate surface area is 95.4 Å². The van der Waals surface area contributed by atoms with Crippen LogP contribution in [-0.2, 0) is 5.41 Å². The highest BCUT2D eigenvalue weighted by Gasteiger charge is 2.41. The maximum Gasteiger partial charge on any atom is 0.161 e. The van der Waals surface area contributed by atoms with Crippen LogP contribution < -0.4 is 9.47 Å². The predicted molar refractivity (Wildman–Crippen MR) is 61.5 cm³/mol. The molecule has 0 heterocycles. The van der Waals surface area contributed by atoms with Gasteiger partial charge in [-0.05, 0) is 36.0 Å². The first kappa shape index (κ1) is 11.0. The molecule has 0 saturated heterocycles. The number of hydrogen-bond donors (Lipinski definition) is 0. The molecular weight excluding hydrogens is 204 g/mol. The molecule has 0 radical (unpaired) electrons. The summed E-state index contributed by atoms with van der Waals surface area (Å²) >= 11 is 0. The highest BCUT2D eigenvalue weighted by molar-refractivity contribution is 5.80. The Bertz CT molecular complexity index is 419. The van der Waals surface area contributed by atoms with Crippen LogP contribution in [0.2, 0.25) is 0 Å². The molecule has 3 nitrogen and oxygen atoms in total. The Balaban J connectivity index is 2.55. The summed E-state index contributed by atoms with van der Waals surface area (Å²) in [5.41, 5.74) is 1.92. The van der Waals surface area contributed by atoms with Crippen molar-refractivity contribution in [2.45, 2.75) is 25.2 Å². The molecule has 0 aliphatic heterocycles. The zero-order chi connectivity index (χ0) is 11.8. The fraction of sp³-hybridized carbons (Fsp3) is 0.462. The summed E-state index contributed by atoms with van der Waals surface area (Å²) in [6.45, 7) is 2.17. The molecule has 86 valence electrons. The highest BCUT2D eigenvalue weighted by Crippen LogP contribution is 2.50. The van der Waals surface area contributed by atoms with Crippen LogP contribution in [0.3, 0.4) is 0 Å². The number of rotatable bonds is 4. The number of benzene rings is 1. The van der Waals surface area contributed by atoms with Crippen molar-refractivity contribution in [2.75, 3.05) is 14.2 Å². The highest BCUT2D eigenvalue weighted by atomic mass is 16.5. The molecule has 1 fully saturated rings. The second-order valence-corrected chi connectivity index (χ2v) is 4.47. The zero-order valence-corrected chi connectivity index (χ0v) is 9.87. The quantitative estimate of drug-likeness (QED) is 0.731. The van der Waals surface area contributed by atoms with E-state index in [1.165, 1.54) is 0 Å². The van der Waals surface area contributed by atoms with Gasteiger partial charge in [0.25, 0.3) is 0 Å². The molecule has 0 atom stereocenters. The van der Waals surface area contributed by atoms with Crippen molar-refractivity contribution in [2.24, 2.45) is 0 Å². The minimum atomic E-state index is 0.149. The second kappa shape index (κ2) is 3.81. The number of carbonyl (C=O) groups excluding carboxylic acids is 1. The molecule has 1 aliphatic rings. The molecule has 1 aliphatic carbocycles. The monoisotopic (exact) mass is 220 g/mol. The minimum absolute atomic E-state index is 0.149. The van der Waals surface area contributed by atoms with Crippen molar-refractivity contribution < 1.29 is 14.3 Å². The van der Waals surface area contributed by atoms with Gasteiger partial charge in [0, 0.05) is 5.56 Å². The summed E-state index contributed by atoms with van der Waals surface area (Å²) in [4.78, 5) is 11.1. The average Bonchev–Trinajstić information content (AvgIpc) is 3.06. The van der Waals surface area contributed by atoms with Gasteiger partial charge in [0.2, 0.25) is 0 Å². The van der Waals surface area contributed by atoms with Gasteiger partial charge in [-0.3, -0.25) is 4.79 Å². The van der Waals surface area contributed by atoms with Crippen LogP contribution in [0.5, 0.6) is 11.5 Å². The molecule has 0 unspecified atom stereocenters. The van der Waals surface area contributed by atoms with E-state index < -0.39 is 0 Å². The van der Waals surface area contributed by atoms with Crippen LogP contribution in [-0.4, -0.2) is 20.5 Å². The summed E-state index contributed by atoms with van der Waals surface area (Å²) in [6, 6.07) is 3.68. The van der Waals surface area contributed by atoms with Crippen molar-refractivity contribution in [3.05, 3.63) is 23.3 Å². The molecule has 0 bridgehead atoms. The van der Waals surface area contributed by atoms with Crippen molar-refractivity contribution >= 4 is 6.29 Å². The van der Waals surface area contributed by atoms with Crippen LogP contribution >= 0.6 is 0 Å². The van der Waals surface area contributed by atoms with Gasteiger partial charge in [0.05, 0.1) is 14.2 Å². The summed E-state index contributed by atoms with van der Waals surface area (Å²) in [5, 5.41) is 0. The van der Waals surface area contributed by atoms with Crippen LogP contribution in [0.1, 0.15) is 35.7 Å². The van der Waals surface area contributed by atoms with E-state index in [1.807, 2.05) is 6.07 Å². The predicted octanol–water partition coefficient (Wildman–Crippen LogP) is 2.57. The van der Waals surface area contributed by atoms with Crippen LogP contribution in [0, 0.1) is 0 Å². The molecule has 1 saturated carbocycles. The first-order valence-electron chi connectivity index (χ1n) is 5.36. The first-order valence-corrected chi connectivity index (χ1v) is 5.36. The number of methoxy groups -OCH3 is 2. The summed E-state index contributed by atoms with van der Waals surface area (Å²) < 4.78 is 10.4. The van der Waals surface area contributed by atoms with Gasteiger partial charge in [-0.15, -0.1) is 0 Å². The standard InChI is InChI=1S/C13H16O3/c1-13(4-5-13)10-7-12(16-3)11(15-2)6-9(10)8-14/h6-8H,4-5H2,1-3H3. The number of aldehydes is 1. The first-order chi connectivity index (χ1) is 7.64. The maximum absolute atomic E-state index is 11.1. The van der Waals surface area contributed by atoms with Crippen LogP contribution in [0.25, 0.3) is 0 Å². The van der Waals surface area contributed by atoms with Gasteiger partial charge < -0.3 is 9.47 Å². The van der Waals surface area contributed by atoms with Gasteiger partial charge in [0.15, 0.2) is 11.5 Å². The van der Waals surface area contributed by atoms with Crippen molar-refractivity contribution in [1.82, 2.24) is 0 Å². The largest absolute Gasteiger partial charge is 0.493 e. The second-order valence-electron chi connectivity index (χ2n) is 4.47. The molecular formula is C13H16O3. The number of carbonyl (C=O) groups is 1. The third-order valence-electron chi connectivity index (χ3n) is 3.33. The molecule has 0 spiro atoms. The lowest BCUT2D eigenvalue weighted by Gasteiger charge is -2.16. The van der Waals surface area contributed by atoms with Crippen molar-refractivity contribution in [3.63, 3.8) is 0 Å². The van der Waals surface area contributed by atoms with E-state index >= 15 is 0 Å². The summed E-state index contributed by atoms with van der Waals surface area (Å²) in [6.07, 6.45) is 3.15. The molecule has 0 N–H and O–H groups in total. The van der Waals surface area contributed by atoms with Crippen molar-refractivity contribution in [3.8, 4) is 11.5 Å². The lowest BCUT2D eigenvalue weighted by Crippen LogP contribution is -2.06. The van der Waals surface area contributed by atoms with Gasteiger partial charge in [-0.2, -0.15) is 0 Å². The fourth-order valence-electron chi connectivity index (χ4n) is 1.97. The molecule has 0 aromatic heterocycles. The Morgan fingerprint density at radius 2 is 1.75 bits per heavy atom. The zero-order valence-electron chi connectivity index (χ0n) is 9.87. The topological polar surface area (TPSA) is 35.5 Å². The third kappa shape index (κ3) is 1.66. The Morgan fingerprint density at radius 3 is 2.19 bits per heavy atom. The molecule has 2 rings (SSSR count). The fourth-order valence-corrected chi connectivity index (χ4v) is 1.97. The van der Waals surface area contributed by atoms with E-state index in [0.717, 1.165) is 24.7 Å². The van der Waals surface area contributed by atoms with Gasteiger partial charge in [-0.1, -0.05) is 6.92 Å². The van der Waals surface area contributed by atoms with E-state index in [0.29, 0.717) is 17.1 Å². The Morgan fingerprint density at radius 1 is 1.19 bits per heavy atom. The molecule has 3 heteroatoms. The normalized spacial score (nSPS) is 16.7. The Hall–Kier alpha value is -1.51. The van der Waals surface area contributed by atoms with E-state index in [2.05, 4.69) is 6.92 Å².